The normalized spacial score (nSPS) is 12.2. The fourth-order valence-electron chi connectivity index (χ4n) is 1.63. The lowest BCUT2D eigenvalue weighted by Gasteiger charge is -2.29. The molecule has 0 spiro atoms. The van der Waals surface area contributed by atoms with Gasteiger partial charge in [-0.1, -0.05) is 26.0 Å². The molecule has 1 aromatic carbocycles. The number of benzene rings is 1. The van der Waals surface area contributed by atoms with Gasteiger partial charge in [0.15, 0.2) is 0 Å². The second-order valence-electron chi connectivity index (χ2n) is 5.70. The van der Waals surface area contributed by atoms with E-state index in [1.54, 1.807) is 11.8 Å². The number of nitrogens with zero attached hydrogens (tertiary/aromatic N) is 1. The van der Waals surface area contributed by atoms with E-state index in [0.29, 0.717) is 0 Å². The van der Waals surface area contributed by atoms with Crippen molar-refractivity contribution in [1.29, 1.82) is 5.26 Å². The van der Waals surface area contributed by atoms with Gasteiger partial charge in [0.25, 0.3) is 0 Å². The van der Waals surface area contributed by atoms with Crippen LogP contribution in [-0.4, -0.2) is 18.3 Å². The number of hydrogen-bond donors (Lipinski definition) is 1. The average molecular weight is 262 g/mol. The Morgan fingerprint density at radius 2 is 1.72 bits per heavy atom. The fraction of sp³-hybridized carbons (Fsp3) is 0.533. The van der Waals surface area contributed by atoms with Crippen LogP contribution in [0, 0.1) is 11.3 Å². The van der Waals surface area contributed by atoms with Crippen LogP contribution in [0.25, 0.3) is 0 Å². The molecule has 0 aromatic heterocycles. The first-order valence-corrected chi connectivity index (χ1v) is 7.34. The third-order valence-corrected chi connectivity index (χ3v) is 3.87. The molecule has 0 amide bonds. The third-order valence-electron chi connectivity index (χ3n) is 3.12. The SMILES string of the molecule is CSc1ccc(C(C)(C)CNC(C)(C)C#N)cc1. The summed E-state index contributed by atoms with van der Waals surface area (Å²) in [5.41, 5.74) is 0.836. The summed E-state index contributed by atoms with van der Waals surface area (Å²) >= 11 is 1.75. The minimum Gasteiger partial charge on any atom is -0.299 e. The third kappa shape index (κ3) is 4.04. The van der Waals surface area contributed by atoms with Crippen LogP contribution in [0.2, 0.25) is 0 Å². The van der Waals surface area contributed by atoms with Crippen molar-refractivity contribution in [2.75, 3.05) is 12.8 Å². The van der Waals surface area contributed by atoms with Crippen LogP contribution in [-0.2, 0) is 5.41 Å². The summed E-state index contributed by atoms with van der Waals surface area (Å²) in [6, 6.07) is 10.9. The van der Waals surface area contributed by atoms with Gasteiger partial charge in [-0.15, -0.1) is 11.8 Å². The van der Waals surface area contributed by atoms with E-state index in [-0.39, 0.29) is 5.41 Å². The maximum atomic E-state index is 9.01. The van der Waals surface area contributed by atoms with E-state index >= 15 is 0 Å². The average Bonchev–Trinajstić information content (AvgIpc) is 2.37. The van der Waals surface area contributed by atoms with E-state index < -0.39 is 5.54 Å². The van der Waals surface area contributed by atoms with E-state index in [4.69, 9.17) is 5.26 Å². The molecule has 0 atom stereocenters. The van der Waals surface area contributed by atoms with E-state index in [2.05, 4.69) is 55.8 Å². The number of rotatable bonds is 5. The molecule has 0 aliphatic carbocycles. The summed E-state index contributed by atoms with van der Waals surface area (Å²) in [6.45, 7) is 8.98. The van der Waals surface area contributed by atoms with E-state index in [1.807, 2.05) is 13.8 Å². The zero-order valence-corrected chi connectivity index (χ0v) is 12.7. The lowest BCUT2D eigenvalue weighted by molar-refractivity contribution is 0.397. The zero-order chi connectivity index (χ0) is 13.8. The van der Waals surface area contributed by atoms with Crippen LogP contribution in [0.4, 0.5) is 0 Å². The van der Waals surface area contributed by atoms with Gasteiger partial charge in [-0.3, -0.25) is 5.32 Å². The summed E-state index contributed by atoms with van der Waals surface area (Å²) in [4.78, 5) is 1.28. The largest absolute Gasteiger partial charge is 0.299 e. The van der Waals surface area contributed by atoms with Crippen molar-refractivity contribution >= 4 is 11.8 Å². The standard InChI is InChI=1S/C15H22N2S/c1-14(2,11-17-15(3,4)10-16)12-6-8-13(18-5)9-7-12/h6-9,17H,11H2,1-5H3. The van der Waals surface area contributed by atoms with Gasteiger partial charge in [0, 0.05) is 16.9 Å². The van der Waals surface area contributed by atoms with Gasteiger partial charge < -0.3 is 0 Å². The van der Waals surface area contributed by atoms with Gasteiger partial charge in [-0.25, -0.2) is 0 Å². The molecule has 3 heteroatoms. The van der Waals surface area contributed by atoms with E-state index in [1.165, 1.54) is 10.5 Å². The molecule has 0 heterocycles. The molecule has 1 aromatic rings. The Morgan fingerprint density at radius 1 is 1.17 bits per heavy atom. The maximum absolute atomic E-state index is 9.01. The minimum atomic E-state index is -0.476. The van der Waals surface area contributed by atoms with Crippen LogP contribution in [0.3, 0.4) is 0 Å². The fourth-order valence-corrected chi connectivity index (χ4v) is 2.03. The smallest absolute Gasteiger partial charge is 0.101 e. The molecule has 0 radical (unpaired) electrons. The molecule has 0 bridgehead atoms. The Balaban J connectivity index is 2.76. The molecule has 0 unspecified atom stereocenters. The summed E-state index contributed by atoms with van der Waals surface area (Å²) in [6.07, 6.45) is 2.08. The van der Waals surface area contributed by atoms with Crippen molar-refractivity contribution in [3.8, 4) is 6.07 Å². The highest BCUT2D eigenvalue weighted by Gasteiger charge is 2.24. The molecule has 0 saturated carbocycles. The van der Waals surface area contributed by atoms with Crippen LogP contribution >= 0.6 is 11.8 Å². The van der Waals surface area contributed by atoms with Crippen LogP contribution < -0.4 is 5.32 Å². The number of hydrogen-bond acceptors (Lipinski definition) is 3. The molecule has 1 rings (SSSR count). The summed E-state index contributed by atoms with van der Waals surface area (Å²) < 4.78 is 0. The summed E-state index contributed by atoms with van der Waals surface area (Å²) in [5.74, 6) is 0. The van der Waals surface area contributed by atoms with Crippen LogP contribution in [0.5, 0.6) is 0 Å². The monoisotopic (exact) mass is 262 g/mol. The highest BCUT2D eigenvalue weighted by Crippen LogP contribution is 2.25. The highest BCUT2D eigenvalue weighted by molar-refractivity contribution is 7.98. The Morgan fingerprint density at radius 3 is 2.17 bits per heavy atom. The van der Waals surface area contributed by atoms with Gasteiger partial charge >= 0.3 is 0 Å². The van der Waals surface area contributed by atoms with Crippen molar-refractivity contribution in [3.63, 3.8) is 0 Å². The molecule has 0 aliphatic rings. The molecule has 0 saturated heterocycles. The first-order valence-electron chi connectivity index (χ1n) is 6.11. The first kappa shape index (κ1) is 15.1. The van der Waals surface area contributed by atoms with Crippen molar-refractivity contribution < 1.29 is 0 Å². The van der Waals surface area contributed by atoms with Gasteiger partial charge in [-0.2, -0.15) is 5.26 Å². The molecule has 1 N–H and O–H groups in total. The second kappa shape index (κ2) is 5.77. The number of nitriles is 1. The van der Waals surface area contributed by atoms with Crippen molar-refractivity contribution in [3.05, 3.63) is 29.8 Å². The quantitative estimate of drug-likeness (QED) is 0.824. The topological polar surface area (TPSA) is 35.8 Å². The predicted molar refractivity (Wildman–Crippen MR) is 78.9 cm³/mol. The lowest BCUT2D eigenvalue weighted by Crippen LogP contribution is -2.44. The summed E-state index contributed by atoms with van der Waals surface area (Å²) in [5, 5.41) is 12.3. The lowest BCUT2D eigenvalue weighted by atomic mass is 9.84. The predicted octanol–water partition coefficient (Wildman–Crippen LogP) is 3.58. The van der Waals surface area contributed by atoms with Crippen molar-refractivity contribution in [2.45, 2.75) is 43.5 Å². The van der Waals surface area contributed by atoms with Crippen LogP contribution in [0.15, 0.2) is 29.2 Å². The highest BCUT2D eigenvalue weighted by atomic mass is 32.2. The Bertz CT molecular complexity index is 427. The Labute approximate surface area is 115 Å². The van der Waals surface area contributed by atoms with E-state index in [9.17, 15) is 0 Å². The Kier molecular flexibility index (Phi) is 4.84. The van der Waals surface area contributed by atoms with E-state index in [0.717, 1.165) is 6.54 Å². The Hall–Kier alpha value is -0.980. The van der Waals surface area contributed by atoms with Gasteiger partial charge in [0.05, 0.1) is 6.07 Å². The van der Waals surface area contributed by atoms with Crippen molar-refractivity contribution in [1.82, 2.24) is 5.32 Å². The van der Waals surface area contributed by atoms with Gasteiger partial charge in [0.2, 0.25) is 0 Å². The second-order valence-corrected chi connectivity index (χ2v) is 6.58. The summed E-state index contributed by atoms with van der Waals surface area (Å²) in [7, 11) is 0. The van der Waals surface area contributed by atoms with Gasteiger partial charge in [-0.05, 0) is 37.8 Å². The van der Waals surface area contributed by atoms with Crippen LogP contribution in [0.1, 0.15) is 33.3 Å². The molecule has 2 nitrogen and oxygen atoms in total. The zero-order valence-electron chi connectivity index (χ0n) is 11.9. The molecule has 0 aliphatic heterocycles. The molecule has 0 fully saturated rings. The minimum absolute atomic E-state index is 0.0189. The van der Waals surface area contributed by atoms with Gasteiger partial charge in [0.1, 0.15) is 5.54 Å². The molecular weight excluding hydrogens is 240 g/mol. The van der Waals surface area contributed by atoms with Crippen molar-refractivity contribution in [2.24, 2.45) is 0 Å². The molecular formula is C15H22N2S. The first-order chi connectivity index (χ1) is 8.30. The number of nitrogens with one attached hydrogen (secondary N) is 1. The number of thioether (sulfide) groups is 1. The molecule has 98 valence electrons. The molecule has 18 heavy (non-hydrogen) atoms. The maximum Gasteiger partial charge on any atom is 0.101 e.